The molecule has 0 radical (unpaired) electrons. The first-order chi connectivity index (χ1) is 8.58. The van der Waals surface area contributed by atoms with Crippen molar-refractivity contribution in [3.8, 4) is 0 Å². The average molecular weight is 306 g/mol. The lowest BCUT2D eigenvalue weighted by atomic mass is 10.2. The second-order valence-electron chi connectivity index (χ2n) is 3.88. The van der Waals surface area contributed by atoms with E-state index < -0.39 is 0 Å². The first-order valence-electron chi connectivity index (χ1n) is 5.36. The van der Waals surface area contributed by atoms with E-state index in [0.717, 1.165) is 10.0 Å². The van der Waals surface area contributed by atoms with Gasteiger partial charge in [-0.15, -0.1) is 0 Å². The van der Waals surface area contributed by atoms with E-state index in [2.05, 4.69) is 26.2 Å². The van der Waals surface area contributed by atoms with E-state index in [9.17, 15) is 4.79 Å². The maximum Gasteiger partial charge on any atom is 0.274 e. The average Bonchev–Trinajstić information content (AvgIpc) is 2.34. The van der Waals surface area contributed by atoms with Crippen molar-refractivity contribution in [3.05, 3.63) is 52.3 Å². The number of aromatic nitrogens is 1. The molecule has 0 aliphatic carbocycles. The Hall–Kier alpha value is -1.88. The van der Waals surface area contributed by atoms with Gasteiger partial charge in [0.1, 0.15) is 5.69 Å². The molecule has 0 aliphatic rings. The number of pyridine rings is 1. The van der Waals surface area contributed by atoms with Crippen LogP contribution in [0, 0.1) is 6.92 Å². The number of nitrogens with zero attached hydrogens (tertiary/aromatic N) is 1. The van der Waals surface area contributed by atoms with Gasteiger partial charge in [-0.1, -0.05) is 6.07 Å². The zero-order valence-electron chi connectivity index (χ0n) is 9.77. The Morgan fingerprint density at radius 1 is 1.39 bits per heavy atom. The molecule has 3 N–H and O–H groups in total. The van der Waals surface area contributed by atoms with Gasteiger partial charge in [0, 0.05) is 10.7 Å². The first-order valence-corrected chi connectivity index (χ1v) is 6.15. The van der Waals surface area contributed by atoms with Crippen LogP contribution in [0.4, 0.5) is 11.4 Å². The van der Waals surface area contributed by atoms with E-state index in [1.54, 1.807) is 30.5 Å². The summed E-state index contributed by atoms with van der Waals surface area (Å²) in [5.74, 6) is -0.285. The van der Waals surface area contributed by atoms with E-state index in [4.69, 9.17) is 5.73 Å². The lowest BCUT2D eigenvalue weighted by molar-refractivity contribution is 0.102. The van der Waals surface area contributed by atoms with Crippen LogP contribution in [0.5, 0.6) is 0 Å². The minimum Gasteiger partial charge on any atom is -0.397 e. The molecule has 4 nitrogen and oxygen atoms in total. The van der Waals surface area contributed by atoms with Crippen LogP contribution < -0.4 is 11.1 Å². The van der Waals surface area contributed by atoms with Crippen LogP contribution in [0.25, 0.3) is 0 Å². The summed E-state index contributed by atoms with van der Waals surface area (Å²) in [5, 5.41) is 2.75. The molecule has 1 aromatic heterocycles. The van der Waals surface area contributed by atoms with Crippen molar-refractivity contribution >= 4 is 33.2 Å². The topological polar surface area (TPSA) is 68.0 Å². The van der Waals surface area contributed by atoms with Gasteiger partial charge in [-0.2, -0.15) is 0 Å². The Morgan fingerprint density at radius 2 is 2.17 bits per heavy atom. The molecule has 0 saturated heterocycles. The van der Waals surface area contributed by atoms with Gasteiger partial charge in [-0.3, -0.25) is 9.78 Å². The third-order valence-electron chi connectivity index (χ3n) is 2.40. The molecule has 1 amide bonds. The number of rotatable bonds is 2. The number of aryl methyl sites for hydroxylation is 1. The van der Waals surface area contributed by atoms with Gasteiger partial charge in [0.2, 0.25) is 0 Å². The standard InChI is InChI=1S/C13H12BrN3O/c1-8-6-9(14)12(10(15)7-8)17-13(18)11-4-2-3-5-16-11/h2-7H,15H2,1H3,(H,17,18). The quantitative estimate of drug-likeness (QED) is 0.838. The molecule has 0 fully saturated rings. The maximum atomic E-state index is 12.0. The van der Waals surface area contributed by atoms with Gasteiger partial charge in [0.15, 0.2) is 0 Å². The molecule has 1 heterocycles. The number of halogens is 1. The summed E-state index contributed by atoms with van der Waals surface area (Å²) in [5.41, 5.74) is 8.34. The van der Waals surface area contributed by atoms with Crippen molar-refractivity contribution in [2.24, 2.45) is 0 Å². The van der Waals surface area contributed by atoms with Crippen molar-refractivity contribution in [2.75, 3.05) is 11.1 Å². The van der Waals surface area contributed by atoms with Crippen molar-refractivity contribution < 1.29 is 4.79 Å². The monoisotopic (exact) mass is 305 g/mol. The minimum atomic E-state index is -0.285. The number of nitrogen functional groups attached to an aromatic ring is 1. The van der Waals surface area contributed by atoms with Crippen LogP contribution >= 0.6 is 15.9 Å². The molecule has 0 saturated carbocycles. The molecule has 2 aromatic rings. The molecule has 1 aromatic carbocycles. The zero-order valence-corrected chi connectivity index (χ0v) is 11.4. The van der Waals surface area contributed by atoms with Crippen molar-refractivity contribution in [3.63, 3.8) is 0 Å². The molecule has 0 bridgehead atoms. The zero-order chi connectivity index (χ0) is 13.1. The first kappa shape index (κ1) is 12.6. The molecule has 5 heteroatoms. The van der Waals surface area contributed by atoms with Crippen LogP contribution in [0.2, 0.25) is 0 Å². The number of nitrogens with one attached hydrogen (secondary N) is 1. The Kier molecular flexibility index (Phi) is 3.62. The van der Waals surface area contributed by atoms with E-state index in [-0.39, 0.29) is 5.91 Å². The molecular weight excluding hydrogens is 294 g/mol. The van der Waals surface area contributed by atoms with Crippen molar-refractivity contribution in [1.82, 2.24) is 4.98 Å². The number of hydrogen-bond donors (Lipinski definition) is 2. The van der Waals surface area contributed by atoms with Crippen LogP contribution in [0.3, 0.4) is 0 Å². The van der Waals surface area contributed by atoms with Gasteiger partial charge in [-0.05, 0) is 52.7 Å². The number of amides is 1. The van der Waals surface area contributed by atoms with Crippen LogP contribution in [-0.4, -0.2) is 10.9 Å². The minimum absolute atomic E-state index is 0.285. The van der Waals surface area contributed by atoms with E-state index >= 15 is 0 Å². The third kappa shape index (κ3) is 2.68. The van der Waals surface area contributed by atoms with E-state index in [1.807, 2.05) is 13.0 Å². The summed E-state index contributed by atoms with van der Waals surface area (Å²) in [6.45, 7) is 1.94. The van der Waals surface area contributed by atoms with Crippen molar-refractivity contribution in [2.45, 2.75) is 6.92 Å². The number of nitrogens with two attached hydrogens (primary N) is 1. The van der Waals surface area contributed by atoms with Crippen LogP contribution in [0.1, 0.15) is 16.1 Å². The molecule has 18 heavy (non-hydrogen) atoms. The Bertz CT molecular complexity index is 561. The summed E-state index contributed by atoms with van der Waals surface area (Å²) in [6.07, 6.45) is 1.57. The highest BCUT2D eigenvalue weighted by molar-refractivity contribution is 9.10. The number of hydrogen-bond acceptors (Lipinski definition) is 3. The molecule has 92 valence electrons. The Labute approximate surface area is 113 Å². The van der Waals surface area contributed by atoms with Gasteiger partial charge in [0.05, 0.1) is 11.4 Å². The molecule has 0 atom stereocenters. The second kappa shape index (κ2) is 5.18. The summed E-state index contributed by atoms with van der Waals surface area (Å²) in [4.78, 5) is 15.9. The molecule has 2 rings (SSSR count). The second-order valence-corrected chi connectivity index (χ2v) is 4.73. The van der Waals surface area contributed by atoms with Gasteiger partial charge < -0.3 is 11.1 Å². The summed E-state index contributed by atoms with van der Waals surface area (Å²) >= 11 is 3.38. The Morgan fingerprint density at radius 3 is 2.78 bits per heavy atom. The molecule has 0 aliphatic heterocycles. The lowest BCUT2D eigenvalue weighted by Crippen LogP contribution is -2.15. The number of benzene rings is 1. The molecule has 0 spiro atoms. The fraction of sp³-hybridized carbons (Fsp3) is 0.0769. The predicted octanol–water partition coefficient (Wildman–Crippen LogP) is 2.99. The normalized spacial score (nSPS) is 10.1. The fourth-order valence-corrected chi connectivity index (χ4v) is 2.26. The summed E-state index contributed by atoms with van der Waals surface area (Å²) in [6, 6.07) is 8.86. The van der Waals surface area contributed by atoms with E-state index in [1.165, 1.54) is 0 Å². The Balaban J connectivity index is 2.28. The summed E-state index contributed by atoms with van der Waals surface area (Å²) < 4.78 is 0.754. The smallest absolute Gasteiger partial charge is 0.274 e. The number of carbonyl (C=O) groups is 1. The molecular formula is C13H12BrN3O. The fourth-order valence-electron chi connectivity index (χ4n) is 1.58. The van der Waals surface area contributed by atoms with Crippen LogP contribution in [0.15, 0.2) is 41.0 Å². The van der Waals surface area contributed by atoms with Gasteiger partial charge in [-0.25, -0.2) is 0 Å². The van der Waals surface area contributed by atoms with Crippen LogP contribution in [-0.2, 0) is 0 Å². The lowest BCUT2D eigenvalue weighted by Gasteiger charge is -2.11. The van der Waals surface area contributed by atoms with Crippen molar-refractivity contribution in [1.29, 1.82) is 0 Å². The largest absolute Gasteiger partial charge is 0.397 e. The number of anilines is 2. The number of carbonyl (C=O) groups excluding carboxylic acids is 1. The maximum absolute atomic E-state index is 12.0. The van der Waals surface area contributed by atoms with Gasteiger partial charge >= 0.3 is 0 Å². The molecule has 0 unspecified atom stereocenters. The predicted molar refractivity (Wildman–Crippen MR) is 75.5 cm³/mol. The highest BCUT2D eigenvalue weighted by Gasteiger charge is 2.11. The van der Waals surface area contributed by atoms with Gasteiger partial charge in [0.25, 0.3) is 5.91 Å². The SMILES string of the molecule is Cc1cc(N)c(NC(=O)c2ccccn2)c(Br)c1. The van der Waals surface area contributed by atoms with E-state index in [0.29, 0.717) is 17.1 Å². The highest BCUT2D eigenvalue weighted by atomic mass is 79.9. The third-order valence-corrected chi connectivity index (χ3v) is 3.03. The highest BCUT2D eigenvalue weighted by Crippen LogP contribution is 2.30. The summed E-state index contributed by atoms with van der Waals surface area (Å²) in [7, 11) is 0.